The minimum Gasteiger partial charge on any atom is -0.299 e. The Morgan fingerprint density at radius 2 is 1.85 bits per heavy atom. The number of hydrogen-bond acceptors (Lipinski definition) is 2. The first-order chi connectivity index (χ1) is 5.79. The fourth-order valence-corrected chi connectivity index (χ4v) is 0.715. The van der Waals surface area contributed by atoms with E-state index in [0.29, 0.717) is 13.3 Å². The largest absolute Gasteiger partial charge is 0.302 e. The van der Waals surface area contributed by atoms with E-state index in [0.717, 1.165) is 0 Å². The molecule has 0 aliphatic carbocycles. The van der Waals surface area contributed by atoms with Crippen LogP contribution in [-0.2, 0) is 9.59 Å². The van der Waals surface area contributed by atoms with Gasteiger partial charge >= 0.3 is 5.92 Å². The summed E-state index contributed by atoms with van der Waals surface area (Å²) in [5.74, 6) is -5.40. The van der Waals surface area contributed by atoms with Crippen molar-refractivity contribution >= 4 is 11.6 Å². The number of carbonyl (C=O) groups is 2. The number of Topliss-reactive ketones (excluding diaryl/α,β-unsaturated/α-hetero) is 2. The minimum atomic E-state index is -3.39. The molecule has 0 spiro atoms. The molecule has 0 heterocycles. The molecule has 0 N–H and O–H groups in total. The van der Waals surface area contributed by atoms with Crippen molar-refractivity contribution < 1.29 is 18.4 Å². The van der Waals surface area contributed by atoms with E-state index in [1.165, 1.54) is 0 Å². The van der Waals surface area contributed by atoms with Crippen LogP contribution in [0.3, 0.4) is 0 Å². The van der Waals surface area contributed by atoms with Crippen molar-refractivity contribution in [1.29, 1.82) is 0 Å². The standard InChI is InChI=1S/C9H14F2O2/c1-4-6(2)7(12)5-8(13)9(3,10)11/h6H,4-5H2,1-3H3. The van der Waals surface area contributed by atoms with E-state index in [1.807, 2.05) is 0 Å². The molecule has 13 heavy (non-hydrogen) atoms. The second-order valence-electron chi connectivity index (χ2n) is 3.26. The highest BCUT2D eigenvalue weighted by Gasteiger charge is 2.33. The van der Waals surface area contributed by atoms with Gasteiger partial charge in [-0.05, 0) is 6.42 Å². The molecule has 0 bridgehead atoms. The SMILES string of the molecule is CCC(C)C(=O)CC(=O)C(C)(F)F. The Morgan fingerprint density at radius 3 is 2.15 bits per heavy atom. The zero-order chi connectivity index (χ0) is 10.6. The molecule has 0 rings (SSSR count). The highest BCUT2D eigenvalue weighted by Crippen LogP contribution is 2.17. The van der Waals surface area contributed by atoms with Crippen LogP contribution in [-0.4, -0.2) is 17.5 Å². The first kappa shape index (κ1) is 12.2. The van der Waals surface area contributed by atoms with Crippen molar-refractivity contribution in [3.05, 3.63) is 0 Å². The van der Waals surface area contributed by atoms with Gasteiger partial charge in [0.15, 0.2) is 0 Å². The highest BCUT2D eigenvalue weighted by atomic mass is 19.3. The average Bonchev–Trinajstić information content (AvgIpc) is 2.01. The Kier molecular flexibility index (Phi) is 4.17. The van der Waals surface area contributed by atoms with E-state index in [-0.39, 0.29) is 5.92 Å². The molecule has 76 valence electrons. The van der Waals surface area contributed by atoms with Gasteiger partial charge in [0.05, 0.1) is 6.42 Å². The Labute approximate surface area is 76.3 Å². The van der Waals surface area contributed by atoms with Crippen LogP contribution in [0.25, 0.3) is 0 Å². The summed E-state index contributed by atoms with van der Waals surface area (Å²) in [7, 11) is 0. The second-order valence-corrected chi connectivity index (χ2v) is 3.26. The van der Waals surface area contributed by atoms with Crippen LogP contribution in [0.4, 0.5) is 8.78 Å². The molecule has 0 aromatic rings. The molecular formula is C9H14F2O2. The van der Waals surface area contributed by atoms with Gasteiger partial charge in [-0.1, -0.05) is 13.8 Å². The zero-order valence-electron chi connectivity index (χ0n) is 8.06. The molecule has 0 radical (unpaired) electrons. The van der Waals surface area contributed by atoms with Gasteiger partial charge in [-0.2, -0.15) is 8.78 Å². The van der Waals surface area contributed by atoms with Gasteiger partial charge in [-0.3, -0.25) is 9.59 Å². The van der Waals surface area contributed by atoms with Gasteiger partial charge in [0, 0.05) is 12.8 Å². The van der Waals surface area contributed by atoms with Crippen LogP contribution >= 0.6 is 0 Å². The molecule has 0 aliphatic rings. The average molecular weight is 192 g/mol. The third kappa shape index (κ3) is 4.10. The molecule has 2 nitrogen and oxygen atoms in total. The first-order valence-corrected chi connectivity index (χ1v) is 4.22. The second kappa shape index (κ2) is 4.44. The van der Waals surface area contributed by atoms with Crippen molar-refractivity contribution in [3.8, 4) is 0 Å². The molecular weight excluding hydrogens is 178 g/mol. The lowest BCUT2D eigenvalue weighted by molar-refractivity contribution is -0.144. The van der Waals surface area contributed by atoms with Crippen LogP contribution in [0.15, 0.2) is 0 Å². The molecule has 1 unspecified atom stereocenters. The van der Waals surface area contributed by atoms with Gasteiger partial charge in [-0.25, -0.2) is 0 Å². The predicted molar refractivity (Wildman–Crippen MR) is 44.7 cm³/mol. The summed E-state index contributed by atoms with van der Waals surface area (Å²) in [6.07, 6.45) is -0.0834. The van der Waals surface area contributed by atoms with E-state index in [2.05, 4.69) is 0 Å². The van der Waals surface area contributed by atoms with E-state index < -0.39 is 23.9 Å². The number of ketones is 2. The zero-order valence-corrected chi connectivity index (χ0v) is 8.06. The normalized spacial score (nSPS) is 13.9. The fourth-order valence-electron chi connectivity index (χ4n) is 0.715. The molecule has 0 saturated heterocycles. The lowest BCUT2D eigenvalue weighted by atomic mass is 9.98. The molecule has 0 aromatic heterocycles. The van der Waals surface area contributed by atoms with Crippen molar-refractivity contribution in [3.63, 3.8) is 0 Å². The van der Waals surface area contributed by atoms with Crippen LogP contribution in [0.2, 0.25) is 0 Å². The molecule has 0 saturated carbocycles. The van der Waals surface area contributed by atoms with E-state index >= 15 is 0 Å². The lowest BCUT2D eigenvalue weighted by Gasteiger charge is -2.10. The summed E-state index contributed by atoms with van der Waals surface area (Å²) in [5.41, 5.74) is 0. The van der Waals surface area contributed by atoms with Gasteiger partial charge in [0.1, 0.15) is 5.78 Å². The fraction of sp³-hybridized carbons (Fsp3) is 0.778. The van der Waals surface area contributed by atoms with Crippen molar-refractivity contribution in [2.45, 2.75) is 39.5 Å². The van der Waals surface area contributed by atoms with E-state index in [4.69, 9.17) is 0 Å². The van der Waals surface area contributed by atoms with Crippen LogP contribution in [0.1, 0.15) is 33.6 Å². The number of carbonyl (C=O) groups excluding carboxylic acids is 2. The summed E-state index contributed by atoms with van der Waals surface area (Å²) in [6.45, 7) is 3.92. The molecule has 0 amide bonds. The first-order valence-electron chi connectivity index (χ1n) is 4.22. The van der Waals surface area contributed by atoms with Gasteiger partial charge in [0.2, 0.25) is 5.78 Å². The maximum absolute atomic E-state index is 12.3. The van der Waals surface area contributed by atoms with Crippen LogP contribution < -0.4 is 0 Å². The lowest BCUT2D eigenvalue weighted by Crippen LogP contribution is -2.28. The summed E-state index contributed by atoms with van der Waals surface area (Å²) in [6, 6.07) is 0. The van der Waals surface area contributed by atoms with Crippen LogP contribution in [0, 0.1) is 5.92 Å². The predicted octanol–water partition coefficient (Wildman–Crippen LogP) is 2.22. The maximum atomic E-state index is 12.3. The summed E-state index contributed by atoms with van der Waals surface area (Å²) in [4.78, 5) is 21.8. The minimum absolute atomic E-state index is 0.314. The number of alkyl halides is 2. The molecule has 0 aliphatic heterocycles. The van der Waals surface area contributed by atoms with Gasteiger partial charge in [-0.15, -0.1) is 0 Å². The Morgan fingerprint density at radius 1 is 1.38 bits per heavy atom. The van der Waals surface area contributed by atoms with Gasteiger partial charge in [0.25, 0.3) is 0 Å². The molecule has 0 fully saturated rings. The third-order valence-corrected chi connectivity index (χ3v) is 1.99. The maximum Gasteiger partial charge on any atom is 0.302 e. The van der Waals surface area contributed by atoms with E-state index in [9.17, 15) is 18.4 Å². The Balaban J connectivity index is 4.16. The monoisotopic (exact) mass is 192 g/mol. The molecule has 1 atom stereocenters. The summed E-state index contributed by atoms with van der Waals surface area (Å²) >= 11 is 0. The number of halogens is 2. The molecule has 0 aromatic carbocycles. The van der Waals surface area contributed by atoms with Crippen molar-refractivity contribution in [2.24, 2.45) is 5.92 Å². The number of hydrogen-bond donors (Lipinski definition) is 0. The third-order valence-electron chi connectivity index (χ3n) is 1.99. The quantitative estimate of drug-likeness (QED) is 0.626. The highest BCUT2D eigenvalue weighted by molar-refractivity contribution is 6.02. The summed E-state index contributed by atoms with van der Waals surface area (Å²) in [5, 5.41) is 0. The smallest absolute Gasteiger partial charge is 0.299 e. The van der Waals surface area contributed by atoms with Crippen molar-refractivity contribution in [2.75, 3.05) is 0 Å². The Bertz CT molecular complexity index is 206. The van der Waals surface area contributed by atoms with Crippen LogP contribution in [0.5, 0.6) is 0 Å². The number of rotatable bonds is 5. The van der Waals surface area contributed by atoms with Crippen molar-refractivity contribution in [1.82, 2.24) is 0 Å². The van der Waals surface area contributed by atoms with E-state index in [1.54, 1.807) is 13.8 Å². The Hall–Kier alpha value is -0.800. The molecule has 4 heteroatoms. The topological polar surface area (TPSA) is 34.1 Å². The van der Waals surface area contributed by atoms with Gasteiger partial charge < -0.3 is 0 Å². The summed E-state index contributed by atoms with van der Waals surface area (Å²) < 4.78 is 24.7.